The van der Waals surface area contributed by atoms with Crippen molar-refractivity contribution < 1.29 is 33.7 Å². The molecule has 1 heterocycles. The lowest BCUT2D eigenvalue weighted by molar-refractivity contribution is -0.757. The van der Waals surface area contributed by atoms with E-state index in [-0.39, 0.29) is 30.8 Å². The van der Waals surface area contributed by atoms with E-state index in [0.717, 1.165) is 0 Å². The van der Waals surface area contributed by atoms with Gasteiger partial charge in [0.2, 0.25) is 0 Å². The van der Waals surface area contributed by atoms with E-state index in [2.05, 4.69) is 10.2 Å². The summed E-state index contributed by atoms with van der Waals surface area (Å²) in [7, 11) is 2.53. The summed E-state index contributed by atoms with van der Waals surface area (Å²) in [5.74, 6) is -1.53. The van der Waals surface area contributed by atoms with Gasteiger partial charge in [-0.05, 0) is 19.9 Å². The normalized spacial score (nSPS) is 14.1. The second-order valence-electron chi connectivity index (χ2n) is 6.42. The standard InChI is InChI=1S/C20H24N2O8/c1-12-16(19(23)27-3)18(17(13(2)21-12)20(24)28-4)14-8-5-6-9-15(14)29-10-7-11-30-22(25)26/h5-6,8-9,18,21H,7,10-11H2,1-4H3. The number of benzene rings is 1. The third kappa shape index (κ3) is 5.07. The molecule has 0 radical (unpaired) electrons. The van der Waals surface area contributed by atoms with Crippen molar-refractivity contribution in [2.24, 2.45) is 0 Å². The van der Waals surface area contributed by atoms with Crippen molar-refractivity contribution in [3.8, 4) is 5.75 Å². The molecule has 10 nitrogen and oxygen atoms in total. The first-order valence-electron chi connectivity index (χ1n) is 9.16. The molecule has 0 bridgehead atoms. The van der Waals surface area contributed by atoms with E-state index in [1.54, 1.807) is 38.1 Å². The van der Waals surface area contributed by atoms with E-state index in [9.17, 15) is 19.7 Å². The molecular formula is C20H24N2O8. The van der Waals surface area contributed by atoms with Crippen LogP contribution in [0.2, 0.25) is 0 Å². The van der Waals surface area contributed by atoms with Crippen LogP contribution in [0.5, 0.6) is 5.75 Å². The van der Waals surface area contributed by atoms with Crippen LogP contribution in [0, 0.1) is 10.1 Å². The van der Waals surface area contributed by atoms with E-state index in [1.807, 2.05) is 0 Å². The lowest BCUT2D eigenvalue weighted by atomic mass is 9.80. The van der Waals surface area contributed by atoms with Crippen molar-refractivity contribution in [3.63, 3.8) is 0 Å². The van der Waals surface area contributed by atoms with Crippen molar-refractivity contribution in [2.45, 2.75) is 26.2 Å². The lowest BCUT2D eigenvalue weighted by Gasteiger charge is -2.31. The second kappa shape index (κ2) is 10.3. The fraction of sp³-hybridized carbons (Fsp3) is 0.400. The SMILES string of the molecule is COC(=O)C1=C(C)NC(C)=C(C(=O)OC)C1c1ccccc1OCCCO[N+](=O)[O-]. The van der Waals surface area contributed by atoms with Crippen LogP contribution in [0.25, 0.3) is 0 Å². The number of dihydropyridines is 1. The highest BCUT2D eigenvalue weighted by Crippen LogP contribution is 2.42. The first-order chi connectivity index (χ1) is 14.3. The minimum Gasteiger partial charge on any atom is -0.493 e. The Bertz CT molecular complexity index is 853. The van der Waals surface area contributed by atoms with Gasteiger partial charge in [0.25, 0.3) is 5.09 Å². The molecule has 0 amide bonds. The number of carbonyl (C=O) groups excluding carboxylic acids is 2. The number of allylic oxidation sites excluding steroid dienone is 2. The van der Waals surface area contributed by atoms with Gasteiger partial charge in [0.1, 0.15) is 5.75 Å². The number of ether oxygens (including phenoxy) is 3. The Morgan fingerprint density at radius 1 is 1.03 bits per heavy atom. The molecule has 0 atom stereocenters. The third-order valence-corrected chi connectivity index (χ3v) is 4.54. The Morgan fingerprint density at radius 2 is 1.60 bits per heavy atom. The Kier molecular flexibility index (Phi) is 7.79. The number of carbonyl (C=O) groups is 2. The molecular weight excluding hydrogens is 396 g/mol. The Hall–Kier alpha value is -3.56. The van der Waals surface area contributed by atoms with Gasteiger partial charge in [0.15, 0.2) is 0 Å². The fourth-order valence-corrected chi connectivity index (χ4v) is 3.30. The van der Waals surface area contributed by atoms with Gasteiger partial charge in [-0.2, -0.15) is 0 Å². The zero-order chi connectivity index (χ0) is 22.3. The van der Waals surface area contributed by atoms with Crippen molar-refractivity contribution in [3.05, 3.63) is 62.5 Å². The molecule has 0 saturated carbocycles. The molecule has 162 valence electrons. The zero-order valence-corrected chi connectivity index (χ0v) is 17.2. The van der Waals surface area contributed by atoms with Crippen LogP contribution >= 0.6 is 0 Å². The molecule has 2 rings (SSSR count). The van der Waals surface area contributed by atoms with E-state index >= 15 is 0 Å². The summed E-state index contributed by atoms with van der Waals surface area (Å²) in [6.45, 7) is 3.47. The lowest BCUT2D eigenvalue weighted by Crippen LogP contribution is -2.32. The molecule has 10 heteroatoms. The Labute approximate surface area is 173 Å². The monoisotopic (exact) mass is 420 g/mol. The Morgan fingerprint density at radius 3 is 2.13 bits per heavy atom. The number of esters is 2. The molecule has 0 aromatic heterocycles. The number of nitrogens with one attached hydrogen (secondary N) is 1. The maximum Gasteiger partial charge on any atom is 0.336 e. The van der Waals surface area contributed by atoms with E-state index in [0.29, 0.717) is 22.7 Å². The van der Waals surface area contributed by atoms with Crippen LogP contribution in [0.3, 0.4) is 0 Å². The molecule has 0 spiro atoms. The minimum absolute atomic E-state index is 0.110. The molecule has 0 unspecified atom stereocenters. The van der Waals surface area contributed by atoms with Crippen LogP contribution in [0.4, 0.5) is 0 Å². The summed E-state index contributed by atoms with van der Waals surface area (Å²) < 4.78 is 15.7. The number of rotatable bonds is 9. The molecule has 0 aliphatic carbocycles. The summed E-state index contributed by atoms with van der Waals surface area (Å²) >= 11 is 0. The molecule has 30 heavy (non-hydrogen) atoms. The van der Waals surface area contributed by atoms with Gasteiger partial charge < -0.3 is 24.4 Å². The first kappa shape index (κ1) is 22.7. The Balaban J connectivity index is 2.45. The minimum atomic E-state index is -0.866. The highest BCUT2D eigenvalue weighted by molar-refractivity contribution is 6.00. The second-order valence-corrected chi connectivity index (χ2v) is 6.42. The van der Waals surface area contributed by atoms with Gasteiger partial charge in [-0.25, -0.2) is 9.59 Å². The topological polar surface area (TPSA) is 126 Å². The maximum atomic E-state index is 12.6. The van der Waals surface area contributed by atoms with Crippen LogP contribution in [-0.4, -0.2) is 44.5 Å². The molecule has 0 saturated heterocycles. The number of para-hydroxylation sites is 1. The number of nitrogens with zero attached hydrogens (tertiary/aromatic N) is 1. The van der Waals surface area contributed by atoms with Gasteiger partial charge in [-0.1, -0.05) is 18.2 Å². The highest BCUT2D eigenvalue weighted by atomic mass is 16.9. The molecule has 1 aromatic rings. The number of hydrogen-bond acceptors (Lipinski definition) is 9. The summed E-state index contributed by atoms with van der Waals surface area (Å²) in [6.07, 6.45) is 0.277. The molecule has 1 aliphatic heterocycles. The van der Waals surface area contributed by atoms with Crippen LogP contribution in [0.15, 0.2) is 46.8 Å². The highest BCUT2D eigenvalue weighted by Gasteiger charge is 2.38. The predicted octanol–water partition coefficient (Wildman–Crippen LogP) is 2.24. The van der Waals surface area contributed by atoms with E-state index in [1.165, 1.54) is 14.2 Å². The summed E-state index contributed by atoms with van der Waals surface area (Å²) in [5, 5.41) is 12.4. The molecule has 1 N–H and O–H groups in total. The van der Waals surface area contributed by atoms with Gasteiger partial charge in [0, 0.05) is 23.4 Å². The third-order valence-electron chi connectivity index (χ3n) is 4.54. The zero-order valence-electron chi connectivity index (χ0n) is 17.2. The van der Waals surface area contributed by atoms with E-state index < -0.39 is 22.9 Å². The van der Waals surface area contributed by atoms with Gasteiger partial charge in [0.05, 0.1) is 44.5 Å². The van der Waals surface area contributed by atoms with Crippen molar-refractivity contribution in [1.29, 1.82) is 0 Å². The van der Waals surface area contributed by atoms with Crippen molar-refractivity contribution in [1.82, 2.24) is 5.32 Å². The van der Waals surface area contributed by atoms with E-state index in [4.69, 9.17) is 14.2 Å². The smallest absolute Gasteiger partial charge is 0.336 e. The predicted molar refractivity (Wildman–Crippen MR) is 105 cm³/mol. The average Bonchev–Trinajstić information content (AvgIpc) is 2.72. The van der Waals surface area contributed by atoms with Gasteiger partial charge in [-0.3, -0.25) is 0 Å². The quantitative estimate of drug-likeness (QED) is 0.277. The first-order valence-corrected chi connectivity index (χ1v) is 9.16. The van der Waals surface area contributed by atoms with Crippen LogP contribution < -0.4 is 10.1 Å². The van der Waals surface area contributed by atoms with Gasteiger partial charge >= 0.3 is 11.9 Å². The van der Waals surface area contributed by atoms with Crippen molar-refractivity contribution >= 4 is 11.9 Å². The average molecular weight is 420 g/mol. The van der Waals surface area contributed by atoms with Crippen molar-refractivity contribution in [2.75, 3.05) is 27.4 Å². The summed E-state index contributed by atoms with van der Waals surface area (Å²) in [5.41, 5.74) is 2.18. The largest absolute Gasteiger partial charge is 0.493 e. The van der Waals surface area contributed by atoms with Gasteiger partial charge in [-0.15, -0.1) is 10.1 Å². The molecule has 0 fully saturated rings. The summed E-state index contributed by atoms with van der Waals surface area (Å²) in [6, 6.07) is 6.94. The number of hydrogen-bond donors (Lipinski definition) is 1. The number of methoxy groups -OCH3 is 2. The summed E-state index contributed by atoms with van der Waals surface area (Å²) in [4.78, 5) is 39.7. The van der Waals surface area contributed by atoms with Crippen LogP contribution in [0.1, 0.15) is 31.7 Å². The molecule has 1 aliphatic rings. The fourth-order valence-electron chi connectivity index (χ4n) is 3.30. The molecule has 1 aromatic carbocycles. The van der Waals surface area contributed by atoms with Crippen LogP contribution in [-0.2, 0) is 23.9 Å². The maximum absolute atomic E-state index is 12.6.